The van der Waals surface area contributed by atoms with Crippen molar-refractivity contribution in [2.24, 2.45) is 0 Å². The molecular formula is C13H23NS2. The van der Waals surface area contributed by atoms with Crippen LogP contribution in [0.3, 0.4) is 0 Å². The Kier molecular flexibility index (Phi) is 7.17. The second-order valence-corrected chi connectivity index (χ2v) is 6.70. The molecule has 3 heteroatoms. The summed E-state index contributed by atoms with van der Waals surface area (Å²) in [5.74, 6) is 1.23. The van der Waals surface area contributed by atoms with Gasteiger partial charge in [0.1, 0.15) is 0 Å². The summed E-state index contributed by atoms with van der Waals surface area (Å²) in [6.07, 6.45) is 2.46. The lowest BCUT2D eigenvalue weighted by Gasteiger charge is -2.18. The molecule has 1 nitrogen and oxygen atoms in total. The quantitative estimate of drug-likeness (QED) is 0.760. The topological polar surface area (TPSA) is 12.0 Å². The van der Waals surface area contributed by atoms with Gasteiger partial charge in [-0.3, -0.25) is 0 Å². The minimum absolute atomic E-state index is 0.664. The van der Waals surface area contributed by atoms with E-state index in [9.17, 15) is 0 Å². The van der Waals surface area contributed by atoms with Crippen LogP contribution < -0.4 is 5.32 Å². The van der Waals surface area contributed by atoms with Gasteiger partial charge in [0.2, 0.25) is 0 Å². The van der Waals surface area contributed by atoms with Gasteiger partial charge in [0.05, 0.1) is 0 Å². The van der Waals surface area contributed by atoms with E-state index in [1.165, 1.54) is 24.2 Å². The third-order valence-electron chi connectivity index (χ3n) is 2.49. The van der Waals surface area contributed by atoms with Crippen LogP contribution in [0, 0.1) is 0 Å². The van der Waals surface area contributed by atoms with E-state index in [1.54, 1.807) is 11.3 Å². The Balaban J connectivity index is 2.27. The minimum atomic E-state index is 0.664. The molecule has 0 saturated heterocycles. The van der Waals surface area contributed by atoms with Crippen molar-refractivity contribution in [3.05, 3.63) is 22.4 Å². The molecule has 1 aromatic rings. The maximum absolute atomic E-state index is 3.58. The molecular weight excluding hydrogens is 234 g/mol. The molecule has 0 aliphatic heterocycles. The molecule has 0 bridgehead atoms. The summed E-state index contributed by atoms with van der Waals surface area (Å²) >= 11 is 3.85. The van der Waals surface area contributed by atoms with Crippen LogP contribution in [0.5, 0.6) is 0 Å². The Labute approximate surface area is 108 Å². The van der Waals surface area contributed by atoms with Gasteiger partial charge in [-0.25, -0.2) is 0 Å². The molecule has 1 atom stereocenters. The van der Waals surface area contributed by atoms with Crippen LogP contribution in [0.4, 0.5) is 0 Å². The molecule has 0 spiro atoms. The molecule has 1 unspecified atom stereocenters. The van der Waals surface area contributed by atoms with Gasteiger partial charge in [0, 0.05) is 11.8 Å². The van der Waals surface area contributed by atoms with Gasteiger partial charge in [-0.15, -0.1) is 0 Å². The zero-order valence-electron chi connectivity index (χ0n) is 10.5. The molecule has 0 saturated carbocycles. The molecule has 1 rings (SSSR count). The molecule has 1 N–H and O–H groups in total. The van der Waals surface area contributed by atoms with E-state index in [4.69, 9.17) is 0 Å². The zero-order chi connectivity index (χ0) is 11.8. The Morgan fingerprint density at radius 2 is 2.25 bits per heavy atom. The largest absolute Gasteiger partial charge is 0.313 e. The number of hydrogen-bond acceptors (Lipinski definition) is 3. The number of nitrogens with one attached hydrogen (secondary N) is 1. The highest BCUT2D eigenvalue weighted by Gasteiger charge is 2.08. The molecule has 0 aromatic carbocycles. The van der Waals surface area contributed by atoms with Crippen molar-refractivity contribution in [2.75, 3.05) is 12.3 Å². The lowest BCUT2D eigenvalue weighted by atomic mass is 10.1. The predicted molar refractivity (Wildman–Crippen MR) is 77.7 cm³/mol. The second-order valence-electron chi connectivity index (χ2n) is 4.31. The van der Waals surface area contributed by atoms with Crippen molar-refractivity contribution >= 4 is 23.1 Å². The normalized spacial score (nSPS) is 13.2. The summed E-state index contributed by atoms with van der Waals surface area (Å²) in [6, 6.07) is 2.90. The number of aryl methyl sites for hydroxylation is 1. The van der Waals surface area contributed by atoms with Crippen LogP contribution in [0.15, 0.2) is 16.8 Å². The van der Waals surface area contributed by atoms with Crippen molar-refractivity contribution in [1.29, 1.82) is 0 Å². The first-order valence-electron chi connectivity index (χ1n) is 6.08. The molecule has 0 amide bonds. The first-order valence-corrected chi connectivity index (χ1v) is 8.07. The highest BCUT2D eigenvalue weighted by molar-refractivity contribution is 7.99. The number of rotatable bonds is 8. The van der Waals surface area contributed by atoms with Crippen molar-refractivity contribution in [2.45, 2.75) is 44.9 Å². The van der Waals surface area contributed by atoms with Crippen LogP contribution in [-0.4, -0.2) is 23.6 Å². The van der Waals surface area contributed by atoms with E-state index in [-0.39, 0.29) is 0 Å². The fourth-order valence-corrected chi connectivity index (χ4v) is 3.22. The van der Waals surface area contributed by atoms with Crippen molar-refractivity contribution in [3.8, 4) is 0 Å². The van der Waals surface area contributed by atoms with Crippen LogP contribution >= 0.6 is 23.1 Å². The summed E-state index contributed by atoms with van der Waals surface area (Å²) in [7, 11) is 0. The van der Waals surface area contributed by atoms with E-state index in [0.29, 0.717) is 6.04 Å². The maximum Gasteiger partial charge on any atom is 0.0161 e. The number of thiophene rings is 1. The fourth-order valence-electron chi connectivity index (χ4n) is 1.62. The highest BCUT2D eigenvalue weighted by atomic mass is 32.2. The van der Waals surface area contributed by atoms with E-state index in [1.807, 2.05) is 0 Å². The Morgan fingerprint density at radius 3 is 2.81 bits per heavy atom. The summed E-state index contributed by atoms with van der Waals surface area (Å²) < 4.78 is 0. The predicted octanol–water partition coefficient (Wildman–Crippen LogP) is 3.80. The first kappa shape index (κ1) is 14.1. The van der Waals surface area contributed by atoms with Crippen molar-refractivity contribution in [3.63, 3.8) is 0 Å². The summed E-state index contributed by atoms with van der Waals surface area (Å²) in [4.78, 5) is 0. The molecule has 1 heterocycles. The summed E-state index contributed by atoms with van der Waals surface area (Å²) in [6.45, 7) is 7.81. The molecule has 0 aliphatic carbocycles. The van der Waals surface area contributed by atoms with E-state index in [0.717, 1.165) is 11.8 Å². The van der Waals surface area contributed by atoms with Gasteiger partial charge in [0.25, 0.3) is 0 Å². The van der Waals surface area contributed by atoms with Gasteiger partial charge in [0.15, 0.2) is 0 Å². The molecule has 1 aromatic heterocycles. The zero-order valence-corrected chi connectivity index (χ0v) is 12.2. The van der Waals surface area contributed by atoms with E-state index in [2.05, 4.69) is 54.7 Å². The van der Waals surface area contributed by atoms with Gasteiger partial charge in [-0.05, 0) is 47.0 Å². The molecule has 0 radical (unpaired) electrons. The monoisotopic (exact) mass is 257 g/mol. The van der Waals surface area contributed by atoms with Crippen LogP contribution in [0.2, 0.25) is 0 Å². The first-order chi connectivity index (χ1) is 7.72. The summed E-state index contributed by atoms with van der Waals surface area (Å²) in [5.41, 5.74) is 1.49. The Hall–Kier alpha value is 0.01000. The third-order valence-corrected chi connectivity index (χ3v) is 4.48. The number of hydrogen-bond donors (Lipinski definition) is 1. The maximum atomic E-state index is 3.58. The third kappa shape index (κ3) is 5.92. The molecule has 0 fully saturated rings. The second kappa shape index (κ2) is 8.15. The Bertz CT molecular complexity index is 257. The molecule has 16 heavy (non-hydrogen) atoms. The van der Waals surface area contributed by atoms with E-state index < -0.39 is 0 Å². The highest BCUT2D eigenvalue weighted by Crippen LogP contribution is 2.15. The lowest BCUT2D eigenvalue weighted by molar-refractivity contribution is 0.537. The molecule has 92 valence electrons. The van der Waals surface area contributed by atoms with Gasteiger partial charge < -0.3 is 5.32 Å². The standard InChI is InChI=1S/C13H23NS2/c1-4-14-13(10-16-11(2)3)6-5-12-7-8-15-9-12/h7-9,11,13-14H,4-6,10H2,1-3H3. The Morgan fingerprint density at radius 1 is 1.44 bits per heavy atom. The smallest absolute Gasteiger partial charge is 0.0161 e. The van der Waals surface area contributed by atoms with Gasteiger partial charge in [-0.1, -0.05) is 20.8 Å². The number of thioether (sulfide) groups is 1. The average Bonchev–Trinajstić information content (AvgIpc) is 2.75. The van der Waals surface area contributed by atoms with Crippen LogP contribution in [0.1, 0.15) is 32.8 Å². The fraction of sp³-hybridized carbons (Fsp3) is 0.692. The van der Waals surface area contributed by atoms with E-state index >= 15 is 0 Å². The van der Waals surface area contributed by atoms with Crippen LogP contribution in [-0.2, 0) is 6.42 Å². The van der Waals surface area contributed by atoms with Crippen LogP contribution in [0.25, 0.3) is 0 Å². The summed E-state index contributed by atoms with van der Waals surface area (Å²) in [5, 5.41) is 8.75. The van der Waals surface area contributed by atoms with Gasteiger partial charge >= 0.3 is 0 Å². The van der Waals surface area contributed by atoms with Crippen molar-refractivity contribution < 1.29 is 0 Å². The SMILES string of the molecule is CCNC(CCc1ccsc1)CSC(C)C. The lowest BCUT2D eigenvalue weighted by Crippen LogP contribution is -2.32. The molecule has 0 aliphatic rings. The van der Waals surface area contributed by atoms with Crippen molar-refractivity contribution in [1.82, 2.24) is 5.32 Å². The van der Waals surface area contributed by atoms with Gasteiger partial charge in [-0.2, -0.15) is 23.1 Å². The minimum Gasteiger partial charge on any atom is -0.313 e. The average molecular weight is 257 g/mol.